The smallest absolute Gasteiger partial charge is 0.266 e. The van der Waals surface area contributed by atoms with E-state index in [1.54, 1.807) is 40.0 Å². The number of alkyl halides is 2. The molecule has 0 saturated carbocycles. The summed E-state index contributed by atoms with van der Waals surface area (Å²) in [4.78, 5) is 1.57. The molecule has 0 unspecified atom stereocenters. The minimum absolute atomic E-state index is 0.0532. The molecule has 2 aromatic carbocycles. The molecule has 0 aliphatic carbocycles. The van der Waals surface area contributed by atoms with E-state index in [1.807, 2.05) is 6.20 Å². The summed E-state index contributed by atoms with van der Waals surface area (Å²) in [6, 6.07) is 9.86. The van der Waals surface area contributed by atoms with Crippen LogP contribution in [0.5, 0.6) is 11.5 Å². The van der Waals surface area contributed by atoms with Crippen LogP contribution in [0.3, 0.4) is 0 Å². The fraction of sp³-hybridized carbons (Fsp3) is 0.333. The number of piperidine rings is 1. The van der Waals surface area contributed by atoms with Crippen LogP contribution in [0.15, 0.2) is 58.2 Å². The van der Waals surface area contributed by atoms with Gasteiger partial charge in [-0.15, -0.1) is 0 Å². The highest BCUT2D eigenvalue weighted by Crippen LogP contribution is 2.37. The fourth-order valence-corrected chi connectivity index (χ4v) is 5.54. The molecule has 1 saturated heterocycles. The van der Waals surface area contributed by atoms with Crippen LogP contribution in [-0.2, 0) is 16.6 Å². The lowest BCUT2D eigenvalue weighted by atomic mass is 10.1. The molecule has 13 heteroatoms. The van der Waals surface area contributed by atoms with Gasteiger partial charge in [0.1, 0.15) is 21.8 Å². The molecule has 10 nitrogen and oxygen atoms in total. The highest BCUT2D eigenvalue weighted by atomic mass is 32.2. The monoisotopic (exact) mass is 533 g/mol. The Balaban J connectivity index is 1.47. The molecule has 0 radical (unpaired) electrons. The predicted octanol–water partition coefficient (Wildman–Crippen LogP) is 4.13. The first-order chi connectivity index (χ1) is 17.7. The Morgan fingerprint density at radius 3 is 2.54 bits per heavy atom. The third kappa shape index (κ3) is 5.03. The Bertz CT molecular complexity index is 1510. The number of benzene rings is 2. The Labute approximate surface area is 211 Å². The predicted molar refractivity (Wildman–Crippen MR) is 132 cm³/mol. The summed E-state index contributed by atoms with van der Waals surface area (Å²) in [6.45, 7) is 0.671. The van der Waals surface area contributed by atoms with Gasteiger partial charge in [-0.05, 0) is 42.0 Å². The molecule has 1 N–H and O–H groups in total. The first-order valence-electron chi connectivity index (χ1n) is 11.5. The fourth-order valence-electron chi connectivity index (χ4n) is 4.34. The van der Waals surface area contributed by atoms with Crippen molar-refractivity contribution in [2.24, 2.45) is 0 Å². The van der Waals surface area contributed by atoms with Gasteiger partial charge < -0.3 is 18.9 Å². The van der Waals surface area contributed by atoms with E-state index in [-0.39, 0.29) is 42.4 Å². The molecule has 0 amide bonds. The van der Waals surface area contributed by atoms with Crippen LogP contribution < -0.4 is 19.1 Å². The van der Waals surface area contributed by atoms with E-state index >= 15 is 0 Å². The van der Waals surface area contributed by atoms with Gasteiger partial charge in [0.25, 0.3) is 15.9 Å². The number of methoxy groups -OCH3 is 2. The zero-order chi connectivity index (χ0) is 26.2. The summed E-state index contributed by atoms with van der Waals surface area (Å²) in [5.74, 6) is -2.30. The average molecular weight is 534 g/mol. The summed E-state index contributed by atoms with van der Waals surface area (Å²) < 4.78 is 74.6. The minimum atomic E-state index is -4.22. The van der Waals surface area contributed by atoms with Crippen molar-refractivity contribution in [1.82, 2.24) is 14.9 Å². The van der Waals surface area contributed by atoms with Gasteiger partial charge >= 0.3 is 0 Å². The number of anilines is 2. The maximum absolute atomic E-state index is 13.6. The Morgan fingerprint density at radius 2 is 1.86 bits per heavy atom. The Kier molecular flexibility index (Phi) is 6.40. The van der Waals surface area contributed by atoms with E-state index in [1.165, 1.54) is 26.4 Å². The molecule has 0 spiro atoms. The molecule has 1 aliphatic rings. The molecule has 4 aromatic rings. The number of aromatic nitrogens is 3. The lowest BCUT2D eigenvalue weighted by Gasteiger charge is -2.33. The number of rotatable bonds is 8. The zero-order valence-corrected chi connectivity index (χ0v) is 21.0. The molecule has 1 fully saturated rings. The van der Waals surface area contributed by atoms with Crippen molar-refractivity contribution in [3.8, 4) is 11.5 Å². The molecular formula is C24H25F2N5O5S. The van der Waals surface area contributed by atoms with Crippen molar-refractivity contribution in [1.29, 1.82) is 0 Å². The lowest BCUT2D eigenvalue weighted by Crippen LogP contribution is -2.39. The maximum atomic E-state index is 13.6. The summed E-state index contributed by atoms with van der Waals surface area (Å²) in [5, 5.41) is 8.47. The first-order valence-corrected chi connectivity index (χ1v) is 12.9. The number of hydrogen-bond acceptors (Lipinski definition) is 8. The molecule has 196 valence electrons. The van der Waals surface area contributed by atoms with E-state index in [0.717, 1.165) is 5.56 Å². The van der Waals surface area contributed by atoms with Gasteiger partial charge in [0.15, 0.2) is 11.4 Å². The van der Waals surface area contributed by atoms with Crippen molar-refractivity contribution in [2.75, 3.05) is 36.9 Å². The van der Waals surface area contributed by atoms with Gasteiger partial charge in [-0.3, -0.25) is 9.40 Å². The number of hydrogen-bond donors (Lipinski definition) is 1. The van der Waals surface area contributed by atoms with Gasteiger partial charge in [-0.25, -0.2) is 17.2 Å². The van der Waals surface area contributed by atoms with Crippen molar-refractivity contribution < 1.29 is 31.2 Å². The molecular weight excluding hydrogens is 508 g/mol. The van der Waals surface area contributed by atoms with Crippen LogP contribution in [-0.4, -0.2) is 56.6 Å². The Hall–Kier alpha value is -3.87. The summed E-state index contributed by atoms with van der Waals surface area (Å²) in [6.07, 6.45) is 2.88. The largest absolute Gasteiger partial charge is 0.496 e. The second kappa shape index (κ2) is 9.54. The molecule has 0 bridgehead atoms. The van der Waals surface area contributed by atoms with Gasteiger partial charge in [0.05, 0.1) is 20.8 Å². The van der Waals surface area contributed by atoms with Gasteiger partial charge in [-0.2, -0.15) is 5.10 Å². The van der Waals surface area contributed by atoms with Crippen LogP contribution in [0.1, 0.15) is 18.4 Å². The molecule has 5 rings (SSSR count). The lowest BCUT2D eigenvalue weighted by molar-refractivity contribution is -0.0220. The molecule has 0 atom stereocenters. The number of halogens is 2. The highest BCUT2D eigenvalue weighted by Gasteiger charge is 2.34. The van der Waals surface area contributed by atoms with Crippen molar-refractivity contribution in [2.45, 2.75) is 30.2 Å². The maximum Gasteiger partial charge on any atom is 0.266 e. The standard InChI is InChI=1S/C24H25F2N5O5S/c1-34-18-5-4-17(30-10-6-24(25,26)7-11-30)14-21(18)37(32,33)29-23-22-19(35-2)12-16(13-20(22)36-28-23)15-31-9-3-8-27-31/h3-5,8-9,12-14H,6-7,10-11,15H2,1-2H3,(H,28,29). The van der Waals surface area contributed by atoms with E-state index < -0.39 is 15.9 Å². The molecule has 37 heavy (non-hydrogen) atoms. The van der Waals surface area contributed by atoms with Gasteiger partial charge in [0, 0.05) is 44.0 Å². The van der Waals surface area contributed by atoms with Crippen molar-refractivity contribution in [3.63, 3.8) is 0 Å². The normalized spacial score (nSPS) is 15.6. The van der Waals surface area contributed by atoms with Crippen molar-refractivity contribution >= 4 is 32.5 Å². The third-order valence-electron chi connectivity index (χ3n) is 6.25. The number of fused-ring (bicyclic) bond motifs is 1. The molecule has 1 aliphatic heterocycles. The van der Waals surface area contributed by atoms with Crippen LogP contribution in [0.4, 0.5) is 20.3 Å². The summed E-state index contributed by atoms with van der Waals surface area (Å²) in [5.41, 5.74) is 1.65. The summed E-state index contributed by atoms with van der Waals surface area (Å²) in [7, 11) is -1.40. The molecule has 2 aromatic heterocycles. The van der Waals surface area contributed by atoms with E-state index in [4.69, 9.17) is 14.0 Å². The van der Waals surface area contributed by atoms with E-state index in [2.05, 4.69) is 15.0 Å². The zero-order valence-electron chi connectivity index (χ0n) is 20.1. The number of nitrogens with one attached hydrogen (secondary N) is 1. The second-order valence-electron chi connectivity index (χ2n) is 8.69. The van der Waals surface area contributed by atoms with E-state index in [0.29, 0.717) is 29.0 Å². The van der Waals surface area contributed by atoms with Crippen LogP contribution in [0.25, 0.3) is 11.0 Å². The topological polar surface area (TPSA) is 112 Å². The van der Waals surface area contributed by atoms with E-state index in [9.17, 15) is 17.2 Å². The average Bonchev–Trinajstić information content (AvgIpc) is 3.53. The number of nitrogens with zero attached hydrogens (tertiary/aromatic N) is 4. The first kappa shape index (κ1) is 24.8. The quantitative estimate of drug-likeness (QED) is 0.360. The van der Waals surface area contributed by atoms with Crippen LogP contribution >= 0.6 is 0 Å². The summed E-state index contributed by atoms with van der Waals surface area (Å²) >= 11 is 0. The van der Waals surface area contributed by atoms with Gasteiger partial charge in [-0.1, -0.05) is 5.16 Å². The second-order valence-corrected chi connectivity index (χ2v) is 10.3. The van der Waals surface area contributed by atoms with Crippen molar-refractivity contribution in [3.05, 3.63) is 54.4 Å². The Morgan fingerprint density at radius 1 is 1.11 bits per heavy atom. The minimum Gasteiger partial charge on any atom is -0.496 e. The van der Waals surface area contributed by atoms with Gasteiger partial charge in [0.2, 0.25) is 0 Å². The number of ether oxygens (including phenoxy) is 2. The molecule has 3 heterocycles. The highest BCUT2D eigenvalue weighted by molar-refractivity contribution is 7.92. The third-order valence-corrected chi connectivity index (χ3v) is 7.61. The number of sulfonamides is 1. The SMILES string of the molecule is COc1ccc(N2CCC(F)(F)CC2)cc1S(=O)(=O)Nc1noc2cc(Cn3cccn3)cc(OC)c12. The van der Waals surface area contributed by atoms with Crippen LogP contribution in [0.2, 0.25) is 0 Å². The van der Waals surface area contributed by atoms with Crippen LogP contribution in [0, 0.1) is 0 Å².